The summed E-state index contributed by atoms with van der Waals surface area (Å²) in [5.41, 5.74) is 0.891. The third-order valence-corrected chi connectivity index (χ3v) is 4.55. The Morgan fingerprint density at radius 3 is 2.58 bits per heavy atom. The second kappa shape index (κ2) is 8.78. The number of rotatable bonds is 8. The number of amides is 2. The van der Waals surface area contributed by atoms with Crippen molar-refractivity contribution in [3.8, 4) is 11.5 Å². The molecule has 0 radical (unpaired) electrons. The molecule has 0 aliphatic carbocycles. The van der Waals surface area contributed by atoms with Gasteiger partial charge in [-0.3, -0.25) is 4.79 Å². The minimum absolute atomic E-state index is 0.0221. The van der Waals surface area contributed by atoms with E-state index < -0.39 is 0 Å². The Labute approximate surface area is 154 Å². The van der Waals surface area contributed by atoms with E-state index in [1.807, 2.05) is 26.0 Å². The first-order valence-corrected chi connectivity index (χ1v) is 8.83. The molecule has 1 aliphatic heterocycles. The van der Waals surface area contributed by atoms with Crippen LogP contribution in [0.2, 0.25) is 0 Å². The number of nitrogens with zero attached hydrogens (tertiary/aromatic N) is 2. The number of carbonyl (C=O) groups excluding carboxylic acids is 2. The predicted molar refractivity (Wildman–Crippen MR) is 97.3 cm³/mol. The molecule has 1 saturated heterocycles. The highest BCUT2D eigenvalue weighted by Gasteiger charge is 2.40. The smallest absolute Gasteiger partial charge is 0.325 e. The highest BCUT2D eigenvalue weighted by atomic mass is 16.5. The number of urea groups is 1. The number of ether oxygens (including phenoxy) is 3. The minimum Gasteiger partial charge on any atom is -0.497 e. The van der Waals surface area contributed by atoms with Crippen LogP contribution in [0.25, 0.3) is 0 Å². The van der Waals surface area contributed by atoms with Crippen molar-refractivity contribution in [2.75, 3.05) is 33.9 Å². The van der Waals surface area contributed by atoms with Crippen molar-refractivity contribution in [3.63, 3.8) is 0 Å². The van der Waals surface area contributed by atoms with Gasteiger partial charge in [0.1, 0.15) is 18.0 Å². The average Bonchev–Trinajstić information content (AvgIpc) is 2.92. The van der Waals surface area contributed by atoms with Crippen LogP contribution in [0.5, 0.6) is 11.5 Å². The standard InChI is InChI=1S/C19H28N2O5/c1-6-26-18(22)12-21-16(13(2)3)11-20(19(21)23)10-14-7-8-15(24-4)9-17(14)25-5/h7-9,13,16H,6,10-12H2,1-5H3/t16-/m1/s1. The highest BCUT2D eigenvalue weighted by molar-refractivity contribution is 5.83. The van der Waals surface area contributed by atoms with Gasteiger partial charge in [0.2, 0.25) is 0 Å². The first kappa shape index (κ1) is 19.9. The molecule has 2 amide bonds. The van der Waals surface area contributed by atoms with Crippen LogP contribution in [0.4, 0.5) is 4.79 Å². The summed E-state index contributed by atoms with van der Waals surface area (Å²) in [6.07, 6.45) is 0. The van der Waals surface area contributed by atoms with E-state index in [1.54, 1.807) is 37.0 Å². The Morgan fingerprint density at radius 2 is 2.00 bits per heavy atom. The number of hydrogen-bond donors (Lipinski definition) is 0. The van der Waals surface area contributed by atoms with Gasteiger partial charge in [-0.25, -0.2) is 4.79 Å². The monoisotopic (exact) mass is 364 g/mol. The second-order valence-corrected chi connectivity index (χ2v) is 6.59. The van der Waals surface area contributed by atoms with E-state index >= 15 is 0 Å². The van der Waals surface area contributed by atoms with Crippen molar-refractivity contribution in [2.24, 2.45) is 5.92 Å². The molecule has 1 aromatic carbocycles. The molecule has 0 bridgehead atoms. The van der Waals surface area contributed by atoms with Crippen LogP contribution >= 0.6 is 0 Å². The van der Waals surface area contributed by atoms with Crippen LogP contribution in [0, 0.1) is 5.92 Å². The predicted octanol–water partition coefficient (Wildman–Crippen LogP) is 2.53. The topological polar surface area (TPSA) is 68.3 Å². The molecular weight excluding hydrogens is 336 g/mol. The van der Waals surface area contributed by atoms with Gasteiger partial charge in [0, 0.05) is 18.2 Å². The fraction of sp³-hybridized carbons (Fsp3) is 0.579. The van der Waals surface area contributed by atoms with Crippen molar-refractivity contribution in [1.29, 1.82) is 0 Å². The maximum absolute atomic E-state index is 12.9. The van der Waals surface area contributed by atoms with Crippen molar-refractivity contribution in [1.82, 2.24) is 9.80 Å². The molecule has 1 heterocycles. The summed E-state index contributed by atoms with van der Waals surface area (Å²) in [4.78, 5) is 28.1. The molecule has 7 nitrogen and oxygen atoms in total. The van der Waals surface area contributed by atoms with Gasteiger partial charge in [0.25, 0.3) is 0 Å². The van der Waals surface area contributed by atoms with Gasteiger partial charge in [-0.05, 0) is 25.0 Å². The Balaban J connectivity index is 2.17. The fourth-order valence-electron chi connectivity index (χ4n) is 3.15. The van der Waals surface area contributed by atoms with E-state index in [2.05, 4.69) is 0 Å². The fourth-order valence-corrected chi connectivity index (χ4v) is 3.15. The van der Waals surface area contributed by atoms with Crippen LogP contribution in [-0.4, -0.2) is 61.8 Å². The van der Waals surface area contributed by atoms with Crippen LogP contribution < -0.4 is 9.47 Å². The SMILES string of the molecule is CCOC(=O)CN1C(=O)N(Cc2ccc(OC)cc2OC)C[C@@H]1C(C)C. The average molecular weight is 364 g/mol. The van der Waals surface area contributed by atoms with Crippen molar-refractivity contribution >= 4 is 12.0 Å². The lowest BCUT2D eigenvalue weighted by molar-refractivity contribution is -0.144. The number of benzene rings is 1. The molecule has 26 heavy (non-hydrogen) atoms. The third-order valence-electron chi connectivity index (χ3n) is 4.55. The molecule has 0 unspecified atom stereocenters. The van der Waals surface area contributed by atoms with E-state index in [4.69, 9.17) is 14.2 Å². The van der Waals surface area contributed by atoms with Gasteiger partial charge >= 0.3 is 12.0 Å². The van der Waals surface area contributed by atoms with E-state index in [0.717, 1.165) is 5.56 Å². The Morgan fingerprint density at radius 1 is 1.27 bits per heavy atom. The zero-order chi connectivity index (χ0) is 19.3. The van der Waals surface area contributed by atoms with Crippen LogP contribution in [0.15, 0.2) is 18.2 Å². The van der Waals surface area contributed by atoms with Crippen LogP contribution in [0.1, 0.15) is 26.3 Å². The number of methoxy groups -OCH3 is 2. The molecule has 1 fully saturated rings. The quantitative estimate of drug-likeness (QED) is 0.663. The molecule has 1 atom stereocenters. The Hall–Kier alpha value is -2.44. The second-order valence-electron chi connectivity index (χ2n) is 6.59. The molecular formula is C19H28N2O5. The summed E-state index contributed by atoms with van der Waals surface area (Å²) in [6, 6.07) is 5.34. The molecule has 0 aromatic heterocycles. The van der Waals surface area contributed by atoms with E-state index in [0.29, 0.717) is 31.2 Å². The Kier molecular flexibility index (Phi) is 6.71. The van der Waals surface area contributed by atoms with E-state index in [9.17, 15) is 9.59 Å². The molecule has 2 rings (SSSR count). The highest BCUT2D eigenvalue weighted by Crippen LogP contribution is 2.29. The molecule has 0 N–H and O–H groups in total. The molecule has 144 valence electrons. The Bertz CT molecular complexity index is 647. The molecule has 1 aliphatic rings. The first-order valence-electron chi connectivity index (χ1n) is 8.83. The van der Waals surface area contributed by atoms with E-state index in [-0.39, 0.29) is 30.5 Å². The first-order chi connectivity index (χ1) is 12.4. The van der Waals surface area contributed by atoms with Crippen LogP contribution in [0.3, 0.4) is 0 Å². The maximum atomic E-state index is 12.9. The normalized spacial score (nSPS) is 17.0. The van der Waals surface area contributed by atoms with Gasteiger partial charge in [-0.2, -0.15) is 0 Å². The van der Waals surface area contributed by atoms with Gasteiger partial charge in [-0.1, -0.05) is 13.8 Å². The van der Waals surface area contributed by atoms with E-state index in [1.165, 1.54) is 0 Å². The molecule has 7 heteroatoms. The van der Waals surface area contributed by atoms with Gasteiger partial charge in [0.05, 0.1) is 33.4 Å². The summed E-state index contributed by atoms with van der Waals surface area (Å²) < 4.78 is 15.7. The zero-order valence-corrected chi connectivity index (χ0v) is 16.2. The molecule has 0 saturated carbocycles. The maximum Gasteiger partial charge on any atom is 0.325 e. The number of hydrogen-bond acceptors (Lipinski definition) is 5. The molecule has 1 aromatic rings. The number of esters is 1. The third kappa shape index (κ3) is 4.39. The lowest BCUT2D eigenvalue weighted by Gasteiger charge is -2.24. The lowest BCUT2D eigenvalue weighted by Crippen LogP contribution is -2.41. The summed E-state index contributed by atoms with van der Waals surface area (Å²) in [5, 5.41) is 0. The van der Waals surface area contributed by atoms with Crippen molar-refractivity contribution < 1.29 is 23.8 Å². The number of carbonyl (C=O) groups is 2. The summed E-state index contributed by atoms with van der Waals surface area (Å²) >= 11 is 0. The van der Waals surface area contributed by atoms with Gasteiger partial charge < -0.3 is 24.0 Å². The zero-order valence-electron chi connectivity index (χ0n) is 16.2. The lowest BCUT2D eigenvalue weighted by atomic mass is 10.0. The molecule has 0 spiro atoms. The van der Waals surface area contributed by atoms with Gasteiger partial charge in [-0.15, -0.1) is 0 Å². The minimum atomic E-state index is -0.379. The van der Waals surface area contributed by atoms with Crippen LogP contribution in [-0.2, 0) is 16.1 Å². The summed E-state index contributed by atoms with van der Waals surface area (Å²) in [6.45, 7) is 7.11. The van der Waals surface area contributed by atoms with Crippen molar-refractivity contribution in [2.45, 2.75) is 33.4 Å². The van der Waals surface area contributed by atoms with Gasteiger partial charge in [0.15, 0.2) is 0 Å². The largest absolute Gasteiger partial charge is 0.497 e. The summed E-state index contributed by atoms with van der Waals surface area (Å²) in [5.74, 6) is 1.22. The van der Waals surface area contributed by atoms with Crippen molar-refractivity contribution in [3.05, 3.63) is 23.8 Å². The summed E-state index contributed by atoms with van der Waals surface area (Å²) in [7, 11) is 3.19.